The Kier molecular flexibility index (Phi) is 9.35. The monoisotopic (exact) mass is 476 g/mol. The summed E-state index contributed by atoms with van der Waals surface area (Å²) in [6.07, 6.45) is 9.75. The fourth-order valence-corrected chi connectivity index (χ4v) is 4.89. The zero-order valence-electron chi connectivity index (χ0n) is 19.0. The van der Waals surface area contributed by atoms with Crippen molar-refractivity contribution in [2.24, 2.45) is 11.8 Å². The summed E-state index contributed by atoms with van der Waals surface area (Å²) in [7, 11) is 0. The van der Waals surface area contributed by atoms with E-state index in [1.807, 2.05) is 12.1 Å². The second kappa shape index (κ2) is 12.2. The Bertz CT molecular complexity index is 787. The van der Waals surface area contributed by atoms with E-state index in [9.17, 15) is 4.79 Å². The molecular weight excluding hydrogens is 440 g/mol. The normalized spacial score (nSPS) is 25.2. The van der Waals surface area contributed by atoms with Crippen LogP contribution in [0, 0.1) is 11.8 Å². The van der Waals surface area contributed by atoms with Gasteiger partial charge < -0.3 is 10.6 Å². The summed E-state index contributed by atoms with van der Waals surface area (Å²) >= 11 is 10.7. The van der Waals surface area contributed by atoms with E-state index in [-0.39, 0.29) is 5.91 Å². The Balaban J connectivity index is 1.38. The number of hydrogen-bond acceptors (Lipinski definition) is 4. The first-order valence-corrected chi connectivity index (χ1v) is 12.5. The van der Waals surface area contributed by atoms with E-state index in [1.165, 1.54) is 38.5 Å². The van der Waals surface area contributed by atoms with Crippen molar-refractivity contribution in [3.63, 3.8) is 0 Å². The number of hydrazine groups is 2. The molecule has 3 rings (SSSR count). The van der Waals surface area contributed by atoms with Gasteiger partial charge in [-0.05, 0) is 86.2 Å². The van der Waals surface area contributed by atoms with Crippen LogP contribution in [0.1, 0.15) is 75.6 Å². The second-order valence-electron chi connectivity index (χ2n) is 9.09. The standard InChI is InChI=1S/C23H36N6OS2/c1-15-7-3-5-9-19(15)24-22(31)28-26-18-13-11-17(12-14-18)21(30)27-29-23(32)25-20-10-6-4-8-16(20)2/h11-16,19-20,26H,3-10H2,1-2H3,(H,27,30)(H2,24,28,31)(H2,25,29,32)/t15-,16-,19-,20+/m1/s1. The number of carbonyl (C=O) groups is 1. The van der Waals surface area contributed by atoms with Crippen LogP contribution < -0.4 is 32.3 Å². The Labute approximate surface area is 202 Å². The summed E-state index contributed by atoms with van der Waals surface area (Å²) in [6, 6.07) is 7.94. The third kappa shape index (κ3) is 7.48. The molecule has 0 aliphatic heterocycles. The molecule has 7 nitrogen and oxygen atoms in total. The van der Waals surface area contributed by atoms with Gasteiger partial charge in [0.25, 0.3) is 5.91 Å². The molecule has 2 aliphatic rings. The van der Waals surface area contributed by atoms with Gasteiger partial charge in [0.2, 0.25) is 0 Å². The van der Waals surface area contributed by atoms with Gasteiger partial charge in [0.15, 0.2) is 10.2 Å². The van der Waals surface area contributed by atoms with E-state index >= 15 is 0 Å². The van der Waals surface area contributed by atoms with E-state index in [4.69, 9.17) is 24.4 Å². The van der Waals surface area contributed by atoms with Gasteiger partial charge in [0, 0.05) is 17.6 Å². The van der Waals surface area contributed by atoms with Crippen LogP contribution in [0.15, 0.2) is 24.3 Å². The minimum Gasteiger partial charge on any atom is -0.358 e. The predicted molar refractivity (Wildman–Crippen MR) is 138 cm³/mol. The van der Waals surface area contributed by atoms with Crippen molar-refractivity contribution >= 4 is 46.3 Å². The fourth-order valence-electron chi connectivity index (χ4n) is 4.49. The molecule has 2 saturated carbocycles. The maximum atomic E-state index is 12.4. The van der Waals surface area contributed by atoms with Crippen LogP contribution in [0.4, 0.5) is 5.69 Å². The summed E-state index contributed by atoms with van der Waals surface area (Å²) in [4.78, 5) is 12.4. The molecule has 0 unspecified atom stereocenters. The van der Waals surface area contributed by atoms with Crippen molar-refractivity contribution in [2.45, 2.75) is 77.3 Å². The first-order valence-electron chi connectivity index (χ1n) is 11.7. The molecule has 32 heavy (non-hydrogen) atoms. The van der Waals surface area contributed by atoms with Crippen molar-refractivity contribution < 1.29 is 4.79 Å². The average Bonchev–Trinajstić information content (AvgIpc) is 2.79. The van der Waals surface area contributed by atoms with E-state index in [0.717, 1.165) is 18.5 Å². The summed E-state index contributed by atoms with van der Waals surface area (Å²) in [5, 5.41) is 7.75. The fraction of sp³-hybridized carbons (Fsp3) is 0.609. The van der Waals surface area contributed by atoms with Crippen molar-refractivity contribution in [3.8, 4) is 0 Å². The molecule has 0 saturated heterocycles. The third-order valence-electron chi connectivity index (χ3n) is 6.61. The summed E-state index contributed by atoms with van der Waals surface area (Å²) in [6.45, 7) is 4.51. The molecule has 0 heterocycles. The zero-order chi connectivity index (χ0) is 22.9. The van der Waals surface area contributed by atoms with Crippen LogP contribution in [0.5, 0.6) is 0 Å². The molecule has 1 amide bonds. The van der Waals surface area contributed by atoms with Gasteiger partial charge in [-0.25, -0.2) is 0 Å². The molecular formula is C23H36N6OS2. The molecule has 0 bridgehead atoms. The maximum Gasteiger partial charge on any atom is 0.269 e. The summed E-state index contributed by atoms with van der Waals surface area (Å²) in [5.74, 6) is 0.972. The molecule has 2 fully saturated rings. The molecule has 9 heteroatoms. The number of thiocarbonyl (C=S) groups is 2. The number of nitrogens with one attached hydrogen (secondary N) is 6. The topological polar surface area (TPSA) is 89.2 Å². The van der Waals surface area contributed by atoms with Crippen LogP contribution in [-0.4, -0.2) is 28.2 Å². The number of hydrogen-bond donors (Lipinski definition) is 6. The number of rotatable bonds is 5. The largest absolute Gasteiger partial charge is 0.358 e. The van der Waals surface area contributed by atoms with Crippen LogP contribution in [-0.2, 0) is 0 Å². The highest BCUT2D eigenvalue weighted by molar-refractivity contribution is 7.80. The van der Waals surface area contributed by atoms with Crippen LogP contribution >= 0.6 is 24.4 Å². The van der Waals surface area contributed by atoms with Gasteiger partial charge in [0.05, 0.1) is 5.69 Å². The first kappa shape index (κ1) is 24.5. The van der Waals surface area contributed by atoms with E-state index in [1.54, 1.807) is 12.1 Å². The molecule has 176 valence electrons. The van der Waals surface area contributed by atoms with Gasteiger partial charge in [-0.1, -0.05) is 39.5 Å². The van der Waals surface area contributed by atoms with Crippen molar-refractivity contribution in [1.82, 2.24) is 26.9 Å². The molecule has 4 atom stereocenters. The molecule has 2 aliphatic carbocycles. The average molecular weight is 477 g/mol. The van der Waals surface area contributed by atoms with Gasteiger partial charge >= 0.3 is 0 Å². The molecule has 0 aromatic heterocycles. The SMILES string of the molecule is C[C@@H]1CCCC[C@@H]1NC(=S)NNC(=O)c1ccc(NNC(=S)N[C@@H]2CCCC[C@H]2C)cc1. The lowest BCUT2D eigenvalue weighted by molar-refractivity contribution is 0.0943. The summed E-state index contributed by atoms with van der Waals surface area (Å²) < 4.78 is 0. The highest BCUT2D eigenvalue weighted by Crippen LogP contribution is 2.24. The van der Waals surface area contributed by atoms with Gasteiger partial charge in [0.1, 0.15) is 0 Å². The van der Waals surface area contributed by atoms with Crippen LogP contribution in [0.25, 0.3) is 0 Å². The minimum absolute atomic E-state index is 0.242. The first-order chi connectivity index (χ1) is 15.4. The van der Waals surface area contributed by atoms with E-state index in [0.29, 0.717) is 39.7 Å². The lowest BCUT2D eigenvalue weighted by Gasteiger charge is -2.30. The molecule has 1 aromatic carbocycles. The smallest absolute Gasteiger partial charge is 0.269 e. The molecule has 0 spiro atoms. The number of carbonyl (C=O) groups excluding carboxylic acids is 1. The summed E-state index contributed by atoms with van der Waals surface area (Å²) in [5.41, 5.74) is 12.9. The van der Waals surface area contributed by atoms with Gasteiger partial charge in [-0.2, -0.15) is 0 Å². The van der Waals surface area contributed by atoms with Crippen LogP contribution in [0.2, 0.25) is 0 Å². The van der Waals surface area contributed by atoms with Crippen molar-refractivity contribution in [1.29, 1.82) is 0 Å². The Morgan fingerprint density at radius 2 is 1.25 bits per heavy atom. The van der Waals surface area contributed by atoms with Crippen molar-refractivity contribution in [3.05, 3.63) is 29.8 Å². The highest BCUT2D eigenvalue weighted by Gasteiger charge is 2.22. The number of benzene rings is 1. The number of amides is 1. The molecule has 1 aromatic rings. The Morgan fingerprint density at radius 1 is 0.750 bits per heavy atom. The zero-order valence-corrected chi connectivity index (χ0v) is 20.6. The molecule has 0 radical (unpaired) electrons. The molecule has 6 N–H and O–H groups in total. The van der Waals surface area contributed by atoms with E-state index in [2.05, 4.69) is 46.2 Å². The van der Waals surface area contributed by atoms with Gasteiger partial charge in [-0.3, -0.25) is 26.5 Å². The minimum atomic E-state index is -0.242. The van der Waals surface area contributed by atoms with Crippen molar-refractivity contribution in [2.75, 3.05) is 5.43 Å². The Morgan fingerprint density at radius 3 is 1.78 bits per heavy atom. The maximum absolute atomic E-state index is 12.4. The second-order valence-corrected chi connectivity index (χ2v) is 9.91. The van der Waals surface area contributed by atoms with E-state index < -0.39 is 0 Å². The lowest BCUT2D eigenvalue weighted by atomic mass is 9.86. The van der Waals surface area contributed by atoms with Crippen LogP contribution in [0.3, 0.4) is 0 Å². The number of anilines is 1. The van der Waals surface area contributed by atoms with Gasteiger partial charge in [-0.15, -0.1) is 0 Å². The predicted octanol–water partition coefficient (Wildman–Crippen LogP) is 3.74. The lowest BCUT2D eigenvalue weighted by Crippen LogP contribution is -2.51. The highest BCUT2D eigenvalue weighted by atomic mass is 32.1. The third-order valence-corrected chi connectivity index (χ3v) is 7.05. The Hall–Kier alpha value is -2.13. The quantitative estimate of drug-likeness (QED) is 0.283.